The van der Waals surface area contributed by atoms with E-state index in [0.717, 1.165) is 17.4 Å². The fraction of sp³-hybridized carbons (Fsp3) is 0.400. The van der Waals surface area contributed by atoms with Gasteiger partial charge in [-0.25, -0.2) is 0 Å². The van der Waals surface area contributed by atoms with Gasteiger partial charge in [-0.15, -0.1) is 0 Å². The molecule has 0 saturated heterocycles. The first kappa shape index (κ1) is 9.03. The molecule has 1 aromatic rings. The average molecular weight is 242 g/mol. The van der Waals surface area contributed by atoms with Gasteiger partial charge in [-0.1, -0.05) is 12.1 Å². The lowest BCUT2D eigenvalue weighted by Gasteiger charge is -2.04. The Morgan fingerprint density at radius 2 is 2.31 bits per heavy atom. The largest absolute Gasteiger partial charge is 0.507 e. The number of hydrogen-bond acceptors (Lipinski definition) is 2. The number of benzene rings is 1. The van der Waals surface area contributed by atoms with E-state index < -0.39 is 0 Å². The number of nitrogens with two attached hydrogens (primary N) is 1. The third-order valence-electron chi connectivity index (χ3n) is 2.63. The Hall–Kier alpha value is -0.540. The molecular formula is C10H12BrNO. The van der Waals surface area contributed by atoms with Crippen LogP contribution in [-0.2, 0) is 0 Å². The minimum atomic E-state index is 0.320. The molecule has 2 nitrogen and oxygen atoms in total. The molecule has 1 aliphatic carbocycles. The summed E-state index contributed by atoms with van der Waals surface area (Å²) in [6.07, 6.45) is 1.15. The molecule has 1 aliphatic rings. The van der Waals surface area contributed by atoms with Crippen LogP contribution in [0.1, 0.15) is 17.9 Å². The highest BCUT2D eigenvalue weighted by molar-refractivity contribution is 9.10. The fourth-order valence-electron chi connectivity index (χ4n) is 1.71. The zero-order valence-electron chi connectivity index (χ0n) is 7.20. The Morgan fingerprint density at radius 1 is 1.54 bits per heavy atom. The van der Waals surface area contributed by atoms with Crippen molar-refractivity contribution >= 4 is 15.9 Å². The zero-order chi connectivity index (χ0) is 9.42. The van der Waals surface area contributed by atoms with Crippen LogP contribution in [0.3, 0.4) is 0 Å². The standard InChI is InChI=1S/C10H12BrNO/c11-10-7(2-1-3-9(10)13)8-4-6(8)5-12/h1-3,6,8,13H,4-5,12H2. The highest BCUT2D eigenvalue weighted by Crippen LogP contribution is 2.50. The summed E-state index contributed by atoms with van der Waals surface area (Å²) in [5.74, 6) is 1.48. The molecule has 1 aromatic carbocycles. The van der Waals surface area contributed by atoms with Crippen molar-refractivity contribution in [2.75, 3.05) is 6.54 Å². The van der Waals surface area contributed by atoms with E-state index in [1.807, 2.05) is 12.1 Å². The summed E-state index contributed by atoms with van der Waals surface area (Å²) in [7, 11) is 0. The van der Waals surface area contributed by atoms with Crippen molar-refractivity contribution in [1.29, 1.82) is 0 Å². The second-order valence-corrected chi connectivity index (χ2v) is 4.31. The molecule has 70 valence electrons. The van der Waals surface area contributed by atoms with Crippen LogP contribution >= 0.6 is 15.9 Å². The average Bonchev–Trinajstić information content (AvgIpc) is 2.89. The predicted octanol–water partition coefficient (Wildman–Crippen LogP) is 2.22. The molecule has 0 heterocycles. The van der Waals surface area contributed by atoms with Crippen molar-refractivity contribution < 1.29 is 5.11 Å². The van der Waals surface area contributed by atoms with Crippen LogP contribution in [0.15, 0.2) is 22.7 Å². The lowest BCUT2D eigenvalue weighted by atomic mass is 10.1. The van der Waals surface area contributed by atoms with E-state index in [9.17, 15) is 5.11 Å². The lowest BCUT2D eigenvalue weighted by molar-refractivity contribution is 0.471. The van der Waals surface area contributed by atoms with Gasteiger partial charge in [0.1, 0.15) is 5.75 Å². The van der Waals surface area contributed by atoms with Crippen molar-refractivity contribution in [3.63, 3.8) is 0 Å². The number of phenols is 1. The van der Waals surface area contributed by atoms with Gasteiger partial charge >= 0.3 is 0 Å². The van der Waals surface area contributed by atoms with E-state index in [1.54, 1.807) is 6.07 Å². The molecule has 2 rings (SSSR count). The SMILES string of the molecule is NCC1CC1c1cccc(O)c1Br. The minimum Gasteiger partial charge on any atom is -0.507 e. The lowest BCUT2D eigenvalue weighted by Crippen LogP contribution is -2.02. The molecule has 1 saturated carbocycles. The van der Waals surface area contributed by atoms with Crippen LogP contribution in [0.25, 0.3) is 0 Å². The number of phenolic OH excluding ortho intramolecular Hbond substituents is 1. The van der Waals surface area contributed by atoms with Crippen LogP contribution in [0.4, 0.5) is 0 Å². The number of hydrogen-bond donors (Lipinski definition) is 2. The van der Waals surface area contributed by atoms with Crippen molar-refractivity contribution in [1.82, 2.24) is 0 Å². The Bertz CT molecular complexity index is 327. The Morgan fingerprint density at radius 3 is 2.92 bits per heavy atom. The van der Waals surface area contributed by atoms with Gasteiger partial charge in [0.15, 0.2) is 0 Å². The summed E-state index contributed by atoms with van der Waals surface area (Å²) < 4.78 is 0.830. The van der Waals surface area contributed by atoms with E-state index in [1.165, 1.54) is 5.56 Å². The summed E-state index contributed by atoms with van der Waals surface area (Å²) >= 11 is 3.39. The topological polar surface area (TPSA) is 46.2 Å². The quantitative estimate of drug-likeness (QED) is 0.835. The number of rotatable bonds is 2. The third kappa shape index (κ3) is 1.58. The zero-order valence-corrected chi connectivity index (χ0v) is 8.79. The van der Waals surface area contributed by atoms with Crippen LogP contribution in [-0.4, -0.2) is 11.7 Å². The maximum Gasteiger partial charge on any atom is 0.130 e. The van der Waals surface area contributed by atoms with Gasteiger partial charge < -0.3 is 10.8 Å². The van der Waals surface area contributed by atoms with E-state index in [2.05, 4.69) is 15.9 Å². The van der Waals surface area contributed by atoms with Crippen LogP contribution in [0, 0.1) is 5.92 Å². The van der Waals surface area contributed by atoms with Gasteiger partial charge in [0.05, 0.1) is 4.47 Å². The molecule has 3 heteroatoms. The normalized spacial score (nSPS) is 26.0. The second-order valence-electron chi connectivity index (χ2n) is 3.52. The third-order valence-corrected chi connectivity index (χ3v) is 3.50. The summed E-state index contributed by atoms with van der Waals surface area (Å²) in [4.78, 5) is 0. The summed E-state index contributed by atoms with van der Waals surface area (Å²) in [5.41, 5.74) is 6.76. The molecule has 0 aliphatic heterocycles. The molecule has 3 N–H and O–H groups in total. The fourth-order valence-corrected chi connectivity index (χ4v) is 2.27. The maximum absolute atomic E-state index is 9.46. The van der Waals surface area contributed by atoms with Gasteiger partial charge in [-0.2, -0.15) is 0 Å². The van der Waals surface area contributed by atoms with Crippen molar-refractivity contribution in [2.45, 2.75) is 12.3 Å². The first-order valence-electron chi connectivity index (χ1n) is 4.41. The number of halogens is 1. The summed E-state index contributed by atoms with van der Waals surface area (Å²) in [5, 5.41) is 9.46. The number of aromatic hydroxyl groups is 1. The first-order chi connectivity index (χ1) is 6.24. The second kappa shape index (κ2) is 3.31. The molecule has 13 heavy (non-hydrogen) atoms. The molecule has 0 bridgehead atoms. The predicted molar refractivity (Wildman–Crippen MR) is 55.7 cm³/mol. The van der Waals surface area contributed by atoms with Gasteiger partial charge in [0, 0.05) is 0 Å². The molecule has 2 unspecified atom stereocenters. The Balaban J connectivity index is 2.27. The van der Waals surface area contributed by atoms with Crippen molar-refractivity contribution in [2.24, 2.45) is 11.7 Å². The van der Waals surface area contributed by atoms with E-state index >= 15 is 0 Å². The van der Waals surface area contributed by atoms with E-state index in [-0.39, 0.29) is 0 Å². The smallest absolute Gasteiger partial charge is 0.130 e. The van der Waals surface area contributed by atoms with Crippen LogP contribution < -0.4 is 5.73 Å². The monoisotopic (exact) mass is 241 g/mol. The molecule has 1 fully saturated rings. The molecule has 2 atom stereocenters. The van der Waals surface area contributed by atoms with Gasteiger partial charge in [-0.3, -0.25) is 0 Å². The Kier molecular flexibility index (Phi) is 2.30. The van der Waals surface area contributed by atoms with Crippen LogP contribution in [0.5, 0.6) is 5.75 Å². The van der Waals surface area contributed by atoms with Crippen molar-refractivity contribution in [3.8, 4) is 5.75 Å². The summed E-state index contributed by atoms with van der Waals surface area (Å²) in [6.45, 7) is 0.743. The minimum absolute atomic E-state index is 0.320. The summed E-state index contributed by atoms with van der Waals surface area (Å²) in [6, 6.07) is 5.61. The molecule has 0 spiro atoms. The first-order valence-corrected chi connectivity index (χ1v) is 5.20. The van der Waals surface area contributed by atoms with Crippen LogP contribution in [0.2, 0.25) is 0 Å². The van der Waals surface area contributed by atoms with Crippen molar-refractivity contribution in [3.05, 3.63) is 28.2 Å². The maximum atomic E-state index is 9.46. The van der Waals surface area contributed by atoms with Gasteiger partial charge in [0.25, 0.3) is 0 Å². The van der Waals surface area contributed by atoms with Gasteiger partial charge in [0.2, 0.25) is 0 Å². The molecule has 0 aromatic heterocycles. The highest BCUT2D eigenvalue weighted by Gasteiger charge is 2.38. The van der Waals surface area contributed by atoms with E-state index in [0.29, 0.717) is 17.6 Å². The van der Waals surface area contributed by atoms with Gasteiger partial charge in [-0.05, 0) is 52.4 Å². The molecule has 0 amide bonds. The van der Waals surface area contributed by atoms with E-state index in [4.69, 9.17) is 5.73 Å². The Labute approximate surface area is 85.9 Å². The highest BCUT2D eigenvalue weighted by atomic mass is 79.9. The molecular weight excluding hydrogens is 230 g/mol. The molecule has 0 radical (unpaired) electrons.